The van der Waals surface area contributed by atoms with Crippen LogP contribution in [0.25, 0.3) is 0 Å². The van der Waals surface area contributed by atoms with Gasteiger partial charge in [-0.15, -0.1) is 0 Å². The molecule has 0 aliphatic carbocycles. The van der Waals surface area contributed by atoms with E-state index >= 15 is 0 Å². The molecule has 2 aliphatic heterocycles. The van der Waals surface area contributed by atoms with E-state index in [9.17, 15) is 4.79 Å². The summed E-state index contributed by atoms with van der Waals surface area (Å²) in [5, 5.41) is 3.54. The molecule has 20 heavy (non-hydrogen) atoms. The van der Waals surface area contributed by atoms with Crippen molar-refractivity contribution >= 4 is 5.78 Å². The van der Waals surface area contributed by atoms with Crippen LogP contribution in [-0.4, -0.2) is 31.1 Å². The molecule has 1 aromatic rings. The quantitative estimate of drug-likeness (QED) is 0.917. The van der Waals surface area contributed by atoms with E-state index in [1.165, 1.54) is 11.1 Å². The number of nitrogens with one attached hydrogen (secondary N) is 1. The summed E-state index contributed by atoms with van der Waals surface area (Å²) in [7, 11) is 0. The Kier molecular flexibility index (Phi) is 3.90. The second-order valence-corrected chi connectivity index (χ2v) is 6.41. The van der Waals surface area contributed by atoms with Crippen molar-refractivity contribution in [3.05, 3.63) is 34.9 Å². The number of morpholine rings is 1. The maximum atomic E-state index is 12.6. The Morgan fingerprint density at radius 3 is 2.35 bits per heavy atom. The number of carbonyl (C=O) groups is 1. The normalized spacial score (nSPS) is 29.2. The zero-order valence-electron chi connectivity index (χ0n) is 12.3. The van der Waals surface area contributed by atoms with Gasteiger partial charge >= 0.3 is 0 Å². The number of aryl methyl sites for hydroxylation is 2. The molecule has 0 spiro atoms. The first-order chi connectivity index (χ1) is 9.60. The molecule has 3 heteroatoms. The van der Waals surface area contributed by atoms with Gasteiger partial charge in [0.15, 0.2) is 0 Å². The van der Waals surface area contributed by atoms with Gasteiger partial charge in [-0.25, -0.2) is 0 Å². The third-order valence-corrected chi connectivity index (χ3v) is 4.36. The SMILES string of the molecule is Cc1cc(C)cc(CC(=O)C2CC3COCC(C2)N3)c1. The lowest BCUT2D eigenvalue weighted by molar-refractivity contribution is -0.125. The lowest BCUT2D eigenvalue weighted by atomic mass is 9.82. The molecule has 0 amide bonds. The summed E-state index contributed by atoms with van der Waals surface area (Å²) in [5.74, 6) is 0.601. The third-order valence-electron chi connectivity index (χ3n) is 4.36. The summed E-state index contributed by atoms with van der Waals surface area (Å²) in [5.41, 5.74) is 3.64. The van der Waals surface area contributed by atoms with E-state index in [1.54, 1.807) is 0 Å². The van der Waals surface area contributed by atoms with Crippen LogP contribution in [0.5, 0.6) is 0 Å². The summed E-state index contributed by atoms with van der Waals surface area (Å²) in [6.45, 7) is 5.69. The second kappa shape index (κ2) is 5.66. The Hall–Kier alpha value is -1.19. The minimum atomic E-state index is 0.205. The van der Waals surface area contributed by atoms with Crippen LogP contribution in [0.1, 0.15) is 29.5 Å². The van der Waals surface area contributed by atoms with E-state index in [0.29, 0.717) is 24.3 Å². The Labute approximate surface area is 120 Å². The van der Waals surface area contributed by atoms with Crippen LogP contribution in [0.2, 0.25) is 0 Å². The lowest BCUT2D eigenvalue weighted by Gasteiger charge is -2.39. The van der Waals surface area contributed by atoms with Crippen molar-refractivity contribution in [2.75, 3.05) is 13.2 Å². The Morgan fingerprint density at radius 1 is 1.15 bits per heavy atom. The van der Waals surface area contributed by atoms with Crippen LogP contribution in [0.4, 0.5) is 0 Å². The maximum absolute atomic E-state index is 12.6. The van der Waals surface area contributed by atoms with Gasteiger partial charge in [-0.1, -0.05) is 29.3 Å². The average molecular weight is 273 g/mol. The standard InChI is InChI=1S/C17H23NO2/c1-11-3-12(2)5-13(4-11)6-17(19)14-7-15-9-20-10-16(8-14)18-15/h3-5,14-16,18H,6-10H2,1-2H3. The maximum Gasteiger partial charge on any atom is 0.140 e. The number of ether oxygens (including phenoxy) is 1. The molecule has 2 heterocycles. The van der Waals surface area contributed by atoms with E-state index in [-0.39, 0.29) is 5.92 Å². The number of carbonyl (C=O) groups excluding carboxylic acids is 1. The van der Waals surface area contributed by atoms with Crippen LogP contribution >= 0.6 is 0 Å². The summed E-state index contributed by atoms with van der Waals surface area (Å²) in [4.78, 5) is 12.6. The van der Waals surface area contributed by atoms with Gasteiger partial charge in [0.05, 0.1) is 13.2 Å². The van der Waals surface area contributed by atoms with Crippen LogP contribution < -0.4 is 5.32 Å². The minimum Gasteiger partial charge on any atom is -0.378 e. The topological polar surface area (TPSA) is 38.3 Å². The highest BCUT2D eigenvalue weighted by molar-refractivity contribution is 5.83. The van der Waals surface area contributed by atoms with Crippen LogP contribution in [0.15, 0.2) is 18.2 Å². The Bertz CT molecular complexity index is 479. The Morgan fingerprint density at radius 2 is 1.75 bits per heavy atom. The van der Waals surface area contributed by atoms with Gasteiger partial charge in [0.25, 0.3) is 0 Å². The van der Waals surface area contributed by atoms with E-state index in [2.05, 4.69) is 37.4 Å². The van der Waals surface area contributed by atoms with E-state index in [1.807, 2.05) is 0 Å². The first-order valence-corrected chi connectivity index (χ1v) is 7.54. The number of Topliss-reactive ketones (excluding diaryl/α,β-unsaturated/α-hetero) is 1. The third kappa shape index (κ3) is 3.10. The molecule has 2 fully saturated rings. The molecule has 2 bridgehead atoms. The fourth-order valence-corrected chi connectivity index (χ4v) is 3.62. The van der Waals surface area contributed by atoms with E-state index in [0.717, 1.165) is 31.6 Å². The molecule has 2 unspecified atom stereocenters. The van der Waals surface area contributed by atoms with E-state index < -0.39 is 0 Å². The van der Waals surface area contributed by atoms with Crippen LogP contribution in [0, 0.1) is 19.8 Å². The number of fused-ring (bicyclic) bond motifs is 2. The highest BCUT2D eigenvalue weighted by Gasteiger charge is 2.34. The summed E-state index contributed by atoms with van der Waals surface area (Å²) in [6.07, 6.45) is 2.44. The van der Waals surface area contributed by atoms with Gasteiger partial charge in [-0.3, -0.25) is 4.79 Å². The van der Waals surface area contributed by atoms with Crippen molar-refractivity contribution in [1.29, 1.82) is 0 Å². The Balaban J connectivity index is 1.67. The minimum absolute atomic E-state index is 0.205. The number of hydrogen-bond acceptors (Lipinski definition) is 3. The molecule has 1 aromatic carbocycles. The van der Waals surface area contributed by atoms with Gasteiger partial charge < -0.3 is 10.1 Å². The molecular weight excluding hydrogens is 250 g/mol. The molecule has 2 saturated heterocycles. The number of piperidine rings is 1. The zero-order valence-corrected chi connectivity index (χ0v) is 12.3. The number of benzene rings is 1. The van der Waals surface area contributed by atoms with Crippen molar-refractivity contribution in [3.63, 3.8) is 0 Å². The molecule has 2 atom stereocenters. The summed E-state index contributed by atoms with van der Waals surface area (Å²) in [6, 6.07) is 7.16. The molecule has 0 radical (unpaired) electrons. The van der Waals surface area contributed by atoms with Crippen LogP contribution in [-0.2, 0) is 16.0 Å². The van der Waals surface area contributed by atoms with Crippen molar-refractivity contribution in [2.24, 2.45) is 5.92 Å². The van der Waals surface area contributed by atoms with Gasteiger partial charge in [0.2, 0.25) is 0 Å². The van der Waals surface area contributed by atoms with Gasteiger partial charge in [-0.05, 0) is 32.3 Å². The van der Waals surface area contributed by atoms with E-state index in [4.69, 9.17) is 4.74 Å². The van der Waals surface area contributed by atoms with Crippen molar-refractivity contribution in [1.82, 2.24) is 5.32 Å². The largest absolute Gasteiger partial charge is 0.378 e. The summed E-state index contributed by atoms with van der Waals surface area (Å²) >= 11 is 0. The average Bonchev–Trinajstić information content (AvgIpc) is 2.36. The molecule has 3 rings (SSSR count). The number of ketones is 1. The first kappa shape index (κ1) is 13.8. The molecule has 0 aromatic heterocycles. The second-order valence-electron chi connectivity index (χ2n) is 6.41. The predicted octanol–water partition coefficient (Wildman–Crippen LogP) is 2.18. The van der Waals surface area contributed by atoms with Gasteiger partial charge in [0, 0.05) is 24.4 Å². The zero-order chi connectivity index (χ0) is 14.1. The predicted molar refractivity (Wildman–Crippen MR) is 78.9 cm³/mol. The summed E-state index contributed by atoms with van der Waals surface area (Å²) < 4.78 is 5.54. The van der Waals surface area contributed by atoms with Crippen molar-refractivity contribution < 1.29 is 9.53 Å². The molecule has 1 N–H and O–H groups in total. The number of hydrogen-bond donors (Lipinski definition) is 1. The van der Waals surface area contributed by atoms with Crippen molar-refractivity contribution in [3.8, 4) is 0 Å². The van der Waals surface area contributed by atoms with Gasteiger partial charge in [-0.2, -0.15) is 0 Å². The lowest BCUT2D eigenvalue weighted by Crippen LogP contribution is -2.55. The highest BCUT2D eigenvalue weighted by Crippen LogP contribution is 2.26. The fraction of sp³-hybridized carbons (Fsp3) is 0.588. The fourth-order valence-electron chi connectivity index (χ4n) is 3.62. The molecule has 0 saturated carbocycles. The smallest absolute Gasteiger partial charge is 0.140 e. The number of rotatable bonds is 3. The first-order valence-electron chi connectivity index (χ1n) is 7.54. The monoisotopic (exact) mass is 273 g/mol. The molecule has 3 nitrogen and oxygen atoms in total. The van der Waals surface area contributed by atoms with Gasteiger partial charge in [0.1, 0.15) is 5.78 Å². The van der Waals surface area contributed by atoms with Crippen LogP contribution in [0.3, 0.4) is 0 Å². The molecule has 108 valence electrons. The highest BCUT2D eigenvalue weighted by atomic mass is 16.5. The van der Waals surface area contributed by atoms with Crippen molar-refractivity contribution in [2.45, 2.75) is 45.2 Å². The molecule has 2 aliphatic rings. The molecular formula is C17H23NO2.